The summed E-state index contributed by atoms with van der Waals surface area (Å²) >= 11 is 5.02. The fourth-order valence-corrected chi connectivity index (χ4v) is 3.23. The number of benzene rings is 1. The van der Waals surface area contributed by atoms with Gasteiger partial charge in [-0.05, 0) is 50.6 Å². The number of hydrogen-bond donors (Lipinski definition) is 1. The number of rotatable bonds is 2. The summed E-state index contributed by atoms with van der Waals surface area (Å²) in [5.41, 5.74) is 9.52. The van der Waals surface area contributed by atoms with Gasteiger partial charge in [0.1, 0.15) is 0 Å². The lowest BCUT2D eigenvalue weighted by molar-refractivity contribution is 0.527. The Morgan fingerprint density at radius 3 is 2.84 bits per heavy atom. The van der Waals surface area contributed by atoms with E-state index in [1.165, 1.54) is 4.57 Å². The fraction of sp³-hybridized carbons (Fsp3) is 0.154. The summed E-state index contributed by atoms with van der Waals surface area (Å²) in [5.74, 6) is -0.362. The Labute approximate surface area is 121 Å². The number of thiophene rings is 1. The molecule has 0 fully saturated rings. The zero-order valence-corrected chi connectivity index (χ0v) is 12.5. The lowest BCUT2D eigenvalue weighted by Crippen LogP contribution is -2.10. The van der Waals surface area contributed by atoms with Gasteiger partial charge in [0.25, 0.3) is 0 Å². The number of fused-ring (bicyclic) bond motifs is 1. The zero-order valence-electron chi connectivity index (χ0n) is 10.1. The summed E-state index contributed by atoms with van der Waals surface area (Å²) in [6.07, 6.45) is 0. The van der Waals surface area contributed by atoms with Gasteiger partial charge in [-0.3, -0.25) is 4.57 Å². The smallest absolute Gasteiger partial charge is 0.408 e. The van der Waals surface area contributed by atoms with Crippen molar-refractivity contribution >= 4 is 38.4 Å². The Morgan fingerprint density at radius 1 is 1.37 bits per heavy atom. The van der Waals surface area contributed by atoms with Crippen LogP contribution in [0.4, 0.5) is 0 Å². The molecule has 98 valence electrons. The normalized spacial score (nSPS) is 13.0. The molecule has 0 aliphatic carbocycles. The first-order valence-electron chi connectivity index (χ1n) is 5.65. The Bertz CT molecular complexity index is 802. The minimum absolute atomic E-state index is 0.225. The van der Waals surface area contributed by atoms with Crippen LogP contribution in [0.2, 0.25) is 0 Å². The highest BCUT2D eigenvalue weighted by molar-refractivity contribution is 9.11. The quantitative estimate of drug-likeness (QED) is 0.781. The third kappa shape index (κ3) is 2.16. The van der Waals surface area contributed by atoms with Crippen LogP contribution in [0.15, 0.2) is 42.6 Å². The van der Waals surface area contributed by atoms with E-state index in [4.69, 9.17) is 10.2 Å². The first-order chi connectivity index (χ1) is 9.06. The van der Waals surface area contributed by atoms with Crippen molar-refractivity contribution in [2.24, 2.45) is 12.8 Å². The topological polar surface area (TPSA) is 61.2 Å². The van der Waals surface area contributed by atoms with Crippen LogP contribution in [0.25, 0.3) is 11.1 Å². The molecular weight excluding hydrogens is 328 g/mol. The lowest BCUT2D eigenvalue weighted by Gasteiger charge is -2.09. The van der Waals surface area contributed by atoms with Gasteiger partial charge in [-0.25, -0.2) is 4.79 Å². The fourth-order valence-electron chi connectivity index (χ4n) is 2.02. The van der Waals surface area contributed by atoms with E-state index in [0.717, 1.165) is 20.4 Å². The number of oxazole rings is 1. The van der Waals surface area contributed by atoms with Crippen LogP contribution in [0.3, 0.4) is 0 Å². The van der Waals surface area contributed by atoms with Crippen molar-refractivity contribution < 1.29 is 4.42 Å². The largest absolute Gasteiger partial charge is 0.419 e. The van der Waals surface area contributed by atoms with Crippen LogP contribution in [0.5, 0.6) is 0 Å². The lowest BCUT2D eigenvalue weighted by atomic mass is 10.0. The van der Waals surface area contributed by atoms with Gasteiger partial charge in [-0.15, -0.1) is 11.3 Å². The van der Waals surface area contributed by atoms with E-state index in [1.807, 2.05) is 29.6 Å². The summed E-state index contributed by atoms with van der Waals surface area (Å²) in [7, 11) is 1.68. The van der Waals surface area contributed by atoms with E-state index in [-0.39, 0.29) is 11.8 Å². The number of aromatic nitrogens is 1. The second-order valence-electron chi connectivity index (χ2n) is 4.32. The molecule has 2 heterocycles. The van der Waals surface area contributed by atoms with Crippen LogP contribution < -0.4 is 11.5 Å². The average molecular weight is 339 g/mol. The summed E-state index contributed by atoms with van der Waals surface area (Å²) in [6.45, 7) is 0. The first kappa shape index (κ1) is 12.7. The number of nitrogens with two attached hydrogens (primary N) is 1. The van der Waals surface area contributed by atoms with Crippen LogP contribution in [-0.4, -0.2) is 4.57 Å². The Morgan fingerprint density at radius 2 is 2.16 bits per heavy atom. The molecule has 0 saturated carbocycles. The monoisotopic (exact) mass is 338 g/mol. The Kier molecular flexibility index (Phi) is 3.08. The molecule has 2 N–H and O–H groups in total. The molecule has 0 saturated heterocycles. The molecule has 4 nitrogen and oxygen atoms in total. The standard InChI is InChI=1S/C13H11BrN2O2S/c1-16-9-3-2-7(4-10(9)18-13(16)17)12(15)8-5-11(14)19-6-8/h2-6,12H,15H2,1H3. The summed E-state index contributed by atoms with van der Waals surface area (Å²) in [4.78, 5) is 11.5. The van der Waals surface area contributed by atoms with Crippen molar-refractivity contribution in [3.63, 3.8) is 0 Å². The number of aryl methyl sites for hydroxylation is 1. The zero-order chi connectivity index (χ0) is 13.6. The first-order valence-corrected chi connectivity index (χ1v) is 7.32. The molecule has 19 heavy (non-hydrogen) atoms. The van der Waals surface area contributed by atoms with Gasteiger partial charge in [0, 0.05) is 7.05 Å². The van der Waals surface area contributed by atoms with Gasteiger partial charge in [-0.2, -0.15) is 0 Å². The van der Waals surface area contributed by atoms with Gasteiger partial charge >= 0.3 is 5.76 Å². The van der Waals surface area contributed by atoms with Crippen molar-refractivity contribution in [3.05, 3.63) is 55.1 Å². The molecule has 0 amide bonds. The van der Waals surface area contributed by atoms with Crippen molar-refractivity contribution in [2.75, 3.05) is 0 Å². The van der Waals surface area contributed by atoms with Gasteiger partial charge in [0.2, 0.25) is 0 Å². The summed E-state index contributed by atoms with van der Waals surface area (Å²) in [6, 6.07) is 7.38. The molecule has 0 aliphatic heterocycles. The molecule has 1 atom stereocenters. The second kappa shape index (κ2) is 4.63. The molecule has 0 radical (unpaired) electrons. The van der Waals surface area contributed by atoms with Crippen LogP contribution >= 0.6 is 27.3 Å². The van der Waals surface area contributed by atoms with Crippen LogP contribution in [0.1, 0.15) is 17.2 Å². The van der Waals surface area contributed by atoms with Crippen molar-refractivity contribution in [1.29, 1.82) is 0 Å². The van der Waals surface area contributed by atoms with E-state index >= 15 is 0 Å². The van der Waals surface area contributed by atoms with Crippen LogP contribution in [-0.2, 0) is 7.05 Å². The molecule has 1 unspecified atom stereocenters. The predicted molar refractivity (Wildman–Crippen MR) is 79.5 cm³/mol. The number of nitrogens with zero attached hydrogens (tertiary/aromatic N) is 1. The summed E-state index contributed by atoms with van der Waals surface area (Å²) in [5, 5.41) is 2.01. The van der Waals surface area contributed by atoms with Gasteiger partial charge in [0.15, 0.2) is 5.58 Å². The predicted octanol–water partition coefficient (Wildman–Crippen LogP) is 3.00. The maximum Gasteiger partial charge on any atom is 0.419 e. The molecule has 3 aromatic rings. The SMILES string of the molecule is Cn1c(=O)oc2cc(C(N)c3csc(Br)c3)ccc21. The van der Waals surface area contributed by atoms with Crippen molar-refractivity contribution in [3.8, 4) is 0 Å². The highest BCUT2D eigenvalue weighted by Gasteiger charge is 2.13. The minimum atomic E-state index is -0.362. The van der Waals surface area contributed by atoms with Gasteiger partial charge in [-0.1, -0.05) is 6.07 Å². The molecule has 0 bridgehead atoms. The Hall–Kier alpha value is -1.37. The second-order valence-corrected chi connectivity index (χ2v) is 6.61. The highest BCUT2D eigenvalue weighted by Crippen LogP contribution is 2.29. The van der Waals surface area contributed by atoms with E-state index in [1.54, 1.807) is 18.4 Å². The third-order valence-corrected chi connectivity index (χ3v) is 4.65. The number of halogens is 1. The molecule has 6 heteroatoms. The highest BCUT2D eigenvalue weighted by atomic mass is 79.9. The van der Waals surface area contributed by atoms with Gasteiger partial charge < -0.3 is 10.2 Å². The average Bonchev–Trinajstić information content (AvgIpc) is 2.94. The third-order valence-electron chi connectivity index (χ3n) is 3.12. The maximum atomic E-state index is 11.5. The van der Waals surface area contributed by atoms with Crippen molar-refractivity contribution in [1.82, 2.24) is 4.57 Å². The number of hydrogen-bond acceptors (Lipinski definition) is 4. The van der Waals surface area contributed by atoms with E-state index in [2.05, 4.69) is 15.9 Å². The minimum Gasteiger partial charge on any atom is -0.408 e. The molecule has 0 aliphatic rings. The van der Waals surface area contributed by atoms with E-state index < -0.39 is 0 Å². The molecule has 3 rings (SSSR count). The maximum absolute atomic E-state index is 11.5. The van der Waals surface area contributed by atoms with Gasteiger partial charge in [0.05, 0.1) is 15.3 Å². The van der Waals surface area contributed by atoms with Crippen molar-refractivity contribution in [2.45, 2.75) is 6.04 Å². The van der Waals surface area contributed by atoms with Crippen LogP contribution in [0, 0.1) is 0 Å². The molecular formula is C13H11BrN2O2S. The molecule has 2 aromatic heterocycles. The van der Waals surface area contributed by atoms with E-state index in [0.29, 0.717) is 5.58 Å². The Balaban J connectivity index is 2.08. The summed E-state index contributed by atoms with van der Waals surface area (Å²) < 4.78 is 7.70. The van der Waals surface area contributed by atoms with E-state index in [9.17, 15) is 4.79 Å². The molecule has 0 spiro atoms. The molecule has 1 aromatic carbocycles.